The number of nitrogens with zero attached hydrogens (tertiary/aromatic N) is 3. The molecule has 4 aliphatic carbocycles. The molecule has 10 atom stereocenters. The maximum absolute atomic E-state index is 11.7. The summed E-state index contributed by atoms with van der Waals surface area (Å²) in [5.74, 6) is 4.25. The standard InChI is InChI=1S/C28H41N3O2/c1-17(31-25-7-5-4-6-24(25)29-30-31)26(32)23-11-10-22-21-9-8-18-16-27(2,33)14-12-19(18)20(21)13-15-28(22,23)3/h4-7,17-23,26,32-33H,8-16H2,1-3H3/t17-,18+,19-,20+,21+,22-,23+,26?,27+,28-/m0/s1. The van der Waals surface area contributed by atoms with Gasteiger partial charge >= 0.3 is 0 Å². The lowest BCUT2D eigenvalue weighted by atomic mass is 9.48. The molecule has 0 spiro atoms. The second-order valence-corrected chi connectivity index (χ2v) is 12.7. The van der Waals surface area contributed by atoms with Crippen LogP contribution in [0.4, 0.5) is 0 Å². The minimum absolute atomic E-state index is 0.0768. The minimum atomic E-state index is -0.443. The normalized spacial score (nSPS) is 44.6. The summed E-state index contributed by atoms with van der Waals surface area (Å²) in [5.41, 5.74) is 1.69. The first-order chi connectivity index (χ1) is 15.8. The van der Waals surface area contributed by atoms with Gasteiger partial charge in [-0.15, -0.1) is 5.10 Å². The number of rotatable bonds is 3. The molecule has 1 aromatic carbocycles. The molecular weight excluding hydrogens is 410 g/mol. The van der Waals surface area contributed by atoms with Gasteiger partial charge < -0.3 is 10.2 Å². The largest absolute Gasteiger partial charge is 0.391 e. The summed E-state index contributed by atoms with van der Waals surface area (Å²) in [6.07, 6.45) is 10.4. The van der Waals surface area contributed by atoms with Gasteiger partial charge in [-0.25, -0.2) is 4.68 Å². The lowest BCUT2D eigenvalue weighted by molar-refractivity contribution is -0.110. The Hall–Kier alpha value is -1.46. The van der Waals surface area contributed by atoms with E-state index < -0.39 is 11.7 Å². The lowest BCUT2D eigenvalue weighted by Gasteiger charge is -2.57. The number of aliphatic hydroxyl groups excluding tert-OH is 1. The van der Waals surface area contributed by atoms with Gasteiger partial charge in [0.15, 0.2) is 0 Å². The number of hydrogen-bond acceptors (Lipinski definition) is 4. The highest BCUT2D eigenvalue weighted by atomic mass is 16.3. The van der Waals surface area contributed by atoms with Crippen molar-refractivity contribution >= 4 is 11.0 Å². The van der Waals surface area contributed by atoms with Gasteiger partial charge in [-0.05, 0) is 125 Å². The Morgan fingerprint density at radius 3 is 2.61 bits per heavy atom. The molecule has 4 aliphatic rings. The van der Waals surface area contributed by atoms with E-state index in [0.717, 1.165) is 59.9 Å². The highest BCUT2D eigenvalue weighted by Crippen LogP contribution is 2.65. The molecule has 0 radical (unpaired) electrons. The number of aliphatic hydroxyl groups is 2. The van der Waals surface area contributed by atoms with E-state index in [1.165, 1.54) is 38.5 Å². The third-order valence-electron chi connectivity index (χ3n) is 11.0. The first-order valence-corrected chi connectivity index (χ1v) is 13.5. The van der Waals surface area contributed by atoms with Gasteiger partial charge in [0, 0.05) is 0 Å². The molecular formula is C28H41N3O2. The van der Waals surface area contributed by atoms with Gasteiger partial charge in [0.2, 0.25) is 0 Å². The zero-order valence-corrected chi connectivity index (χ0v) is 20.5. The molecule has 1 aromatic heterocycles. The average molecular weight is 452 g/mol. The second-order valence-electron chi connectivity index (χ2n) is 12.7. The summed E-state index contributed by atoms with van der Waals surface area (Å²) in [6, 6.07) is 7.99. The van der Waals surface area contributed by atoms with E-state index in [4.69, 9.17) is 0 Å². The van der Waals surface area contributed by atoms with E-state index in [-0.39, 0.29) is 11.5 Å². The van der Waals surface area contributed by atoms with Crippen LogP contribution in [0.1, 0.15) is 84.6 Å². The van der Waals surface area contributed by atoms with E-state index >= 15 is 0 Å². The van der Waals surface area contributed by atoms with Gasteiger partial charge in [-0.1, -0.05) is 24.3 Å². The number of fused-ring (bicyclic) bond motifs is 6. The number of hydrogen-bond donors (Lipinski definition) is 2. The smallest absolute Gasteiger partial charge is 0.113 e. The lowest BCUT2D eigenvalue weighted by Crippen LogP contribution is -2.51. The molecule has 4 saturated carbocycles. The highest BCUT2D eigenvalue weighted by molar-refractivity contribution is 5.73. The zero-order chi connectivity index (χ0) is 23.0. The molecule has 1 unspecified atom stereocenters. The van der Waals surface area contributed by atoms with Crippen LogP contribution in [0.3, 0.4) is 0 Å². The molecule has 2 N–H and O–H groups in total. The van der Waals surface area contributed by atoms with Crippen LogP contribution in [0.5, 0.6) is 0 Å². The SMILES string of the molecule is C[C@@H](C(O)[C@H]1CC[C@H]2[C@@H]3CC[C@@H]4C[C@](C)(O)CC[C@@H]4[C@H]3CC[C@]12C)n1nnc2ccccc21. The Bertz CT molecular complexity index is 1020. The fourth-order valence-electron chi connectivity index (χ4n) is 9.35. The first-order valence-electron chi connectivity index (χ1n) is 13.5. The Kier molecular flexibility index (Phi) is 5.19. The molecule has 0 aliphatic heterocycles. The quantitative estimate of drug-likeness (QED) is 0.658. The Labute approximate surface area is 198 Å². The monoisotopic (exact) mass is 451 g/mol. The molecule has 1 heterocycles. The summed E-state index contributed by atoms with van der Waals surface area (Å²) in [5, 5.41) is 31.1. The van der Waals surface area contributed by atoms with Crippen molar-refractivity contribution in [2.75, 3.05) is 0 Å². The van der Waals surface area contributed by atoms with Crippen LogP contribution in [0, 0.1) is 40.9 Å². The summed E-state index contributed by atoms with van der Waals surface area (Å²) in [6.45, 7) is 6.67. The molecule has 6 rings (SSSR count). The molecule has 5 heteroatoms. The van der Waals surface area contributed by atoms with E-state index in [2.05, 4.69) is 37.1 Å². The van der Waals surface area contributed by atoms with Crippen LogP contribution < -0.4 is 0 Å². The van der Waals surface area contributed by atoms with Crippen molar-refractivity contribution in [3.05, 3.63) is 24.3 Å². The molecule has 2 aromatic rings. The van der Waals surface area contributed by atoms with Crippen LogP contribution in [0.15, 0.2) is 24.3 Å². The molecule has 4 fully saturated rings. The number of benzene rings is 1. The van der Waals surface area contributed by atoms with Gasteiger partial charge in [0.25, 0.3) is 0 Å². The van der Waals surface area contributed by atoms with Gasteiger partial charge in [-0.2, -0.15) is 0 Å². The van der Waals surface area contributed by atoms with E-state index in [1.807, 2.05) is 22.9 Å². The van der Waals surface area contributed by atoms with Crippen molar-refractivity contribution in [3.8, 4) is 0 Å². The minimum Gasteiger partial charge on any atom is -0.391 e. The van der Waals surface area contributed by atoms with Gasteiger partial charge in [0.05, 0.1) is 23.3 Å². The summed E-state index contributed by atoms with van der Waals surface area (Å²) < 4.78 is 1.95. The molecule has 180 valence electrons. The fourth-order valence-corrected chi connectivity index (χ4v) is 9.35. The molecule has 0 amide bonds. The number of aromatic nitrogens is 3. The maximum Gasteiger partial charge on any atom is 0.113 e. The van der Waals surface area contributed by atoms with Crippen LogP contribution in [-0.4, -0.2) is 36.9 Å². The highest BCUT2D eigenvalue weighted by Gasteiger charge is 2.59. The third kappa shape index (κ3) is 3.40. The number of para-hydroxylation sites is 1. The first kappa shape index (κ1) is 22.0. The maximum atomic E-state index is 11.7. The summed E-state index contributed by atoms with van der Waals surface area (Å²) in [4.78, 5) is 0. The van der Waals surface area contributed by atoms with Crippen molar-refractivity contribution in [2.24, 2.45) is 40.9 Å². The zero-order valence-electron chi connectivity index (χ0n) is 20.5. The van der Waals surface area contributed by atoms with Gasteiger partial charge in [-0.3, -0.25) is 0 Å². The van der Waals surface area contributed by atoms with Crippen LogP contribution in [0.2, 0.25) is 0 Å². The Morgan fingerprint density at radius 1 is 0.970 bits per heavy atom. The van der Waals surface area contributed by atoms with Gasteiger partial charge in [0.1, 0.15) is 5.52 Å². The van der Waals surface area contributed by atoms with Crippen molar-refractivity contribution in [3.63, 3.8) is 0 Å². The van der Waals surface area contributed by atoms with Crippen molar-refractivity contribution < 1.29 is 10.2 Å². The second kappa shape index (κ2) is 7.78. The van der Waals surface area contributed by atoms with Crippen molar-refractivity contribution in [1.82, 2.24) is 15.0 Å². The Balaban J connectivity index is 1.22. The summed E-state index contributed by atoms with van der Waals surface area (Å²) >= 11 is 0. The summed E-state index contributed by atoms with van der Waals surface area (Å²) in [7, 11) is 0. The third-order valence-corrected chi connectivity index (χ3v) is 11.0. The van der Waals surface area contributed by atoms with E-state index in [9.17, 15) is 10.2 Å². The predicted molar refractivity (Wildman–Crippen MR) is 129 cm³/mol. The topological polar surface area (TPSA) is 71.2 Å². The van der Waals surface area contributed by atoms with E-state index in [1.54, 1.807) is 0 Å². The average Bonchev–Trinajstić information content (AvgIpc) is 3.38. The molecule has 33 heavy (non-hydrogen) atoms. The van der Waals surface area contributed by atoms with Crippen LogP contribution in [-0.2, 0) is 0 Å². The van der Waals surface area contributed by atoms with Crippen LogP contribution >= 0.6 is 0 Å². The van der Waals surface area contributed by atoms with Crippen molar-refractivity contribution in [1.29, 1.82) is 0 Å². The fraction of sp³-hybridized carbons (Fsp3) is 0.786. The van der Waals surface area contributed by atoms with Crippen molar-refractivity contribution in [2.45, 2.75) is 96.3 Å². The molecule has 0 bridgehead atoms. The Morgan fingerprint density at radius 2 is 1.76 bits per heavy atom. The molecule has 5 nitrogen and oxygen atoms in total. The molecule has 0 saturated heterocycles. The predicted octanol–water partition coefficient (Wildman–Crippen LogP) is 5.37. The van der Waals surface area contributed by atoms with Crippen LogP contribution in [0.25, 0.3) is 11.0 Å². The van der Waals surface area contributed by atoms with E-state index in [0.29, 0.717) is 5.92 Å².